The molecule has 0 heterocycles. The van der Waals surface area contributed by atoms with Crippen LogP contribution in [0.4, 0.5) is 0 Å². The highest BCUT2D eigenvalue weighted by Crippen LogP contribution is 2.37. The summed E-state index contributed by atoms with van der Waals surface area (Å²) >= 11 is 0. The van der Waals surface area contributed by atoms with Crippen LogP contribution in [0.1, 0.15) is 123 Å². The Hall–Kier alpha value is -2.37. The molecule has 5 N–H and O–H groups in total. The lowest BCUT2D eigenvalue weighted by atomic mass is 9.89. The number of hydrogen-bond acceptors (Lipinski definition) is 9. The summed E-state index contributed by atoms with van der Waals surface area (Å²) in [5.74, 6) is -1.88. The number of phosphoric acid groups is 1. The molecule has 12 heteroatoms. The first-order chi connectivity index (χ1) is 24.5. The van der Waals surface area contributed by atoms with Gasteiger partial charge in [0.25, 0.3) is 0 Å². The topological polar surface area (TPSA) is 180 Å². The van der Waals surface area contributed by atoms with Crippen molar-refractivity contribution in [1.29, 1.82) is 0 Å². The molecule has 0 bridgehead atoms. The van der Waals surface area contributed by atoms with Crippen LogP contribution in [-0.2, 0) is 28.2 Å². The van der Waals surface area contributed by atoms with Crippen LogP contribution in [0.5, 0.6) is 0 Å². The smallest absolute Gasteiger partial charge is 0.462 e. The third-order valence-electron chi connectivity index (χ3n) is 8.61. The fourth-order valence-electron chi connectivity index (χ4n) is 5.71. The molecule has 0 unspecified atom stereocenters. The van der Waals surface area contributed by atoms with Gasteiger partial charge in [0.15, 0.2) is 6.10 Å². The Kier molecular flexibility index (Phi) is 26.6. The van der Waals surface area contributed by atoms with Crippen LogP contribution in [-0.4, -0.2) is 74.7 Å². The predicted molar refractivity (Wildman–Crippen MR) is 199 cm³/mol. The molecule has 0 aromatic heterocycles. The third kappa shape index (κ3) is 25.3. The Morgan fingerprint density at radius 3 is 2.06 bits per heavy atom. The normalized spacial score (nSPS) is 21.2. The van der Waals surface area contributed by atoms with E-state index in [1.807, 2.05) is 0 Å². The molecule has 0 aromatic rings. The lowest BCUT2D eigenvalue weighted by molar-refractivity contribution is -0.160. The van der Waals surface area contributed by atoms with E-state index in [4.69, 9.17) is 19.3 Å². The SMILES string of the molecule is CCCCC/C=C\C/C=C\C/C=C\CCCCC(=O)OC[C@H](COP(=O)(O)O)OC(=O)C/C=C\C[C@H]1[C@@H](/C=C/[C@H](O)CCCCC)[C@H](O)C[C@@H]1O. The predicted octanol–water partition coefficient (Wildman–Crippen LogP) is 7.33. The standard InChI is InChI=1S/C39H65O11P/c1-3-5-7-8-9-10-11-12-13-14-15-16-17-18-20-25-38(43)48-30-33(31-49-51(45,46)47)50-39(44)26-22-21-24-34-35(37(42)29-36(34)41)28-27-32(40)23-19-6-4-2/h9-10,12-13,15-16,21-22,27-28,32-37,40-42H,3-8,11,14,17-20,23-26,29-31H2,1-2H3,(H2,45,46,47)/b10-9-,13-12-,16-15-,22-21-,28-27+/t32-,33-,34+,35-,36+,37-/m1/s1. The number of ether oxygens (including phenoxy) is 2. The average Bonchev–Trinajstić information content (AvgIpc) is 3.35. The second-order valence-corrected chi connectivity index (χ2v) is 14.4. The first-order valence-electron chi connectivity index (χ1n) is 18.8. The molecule has 292 valence electrons. The fourth-order valence-corrected chi connectivity index (χ4v) is 6.07. The van der Waals surface area contributed by atoms with E-state index in [-0.39, 0.29) is 31.1 Å². The molecule has 1 fully saturated rings. The minimum Gasteiger partial charge on any atom is -0.462 e. The fraction of sp³-hybridized carbons (Fsp3) is 0.692. The number of phosphoric ester groups is 1. The summed E-state index contributed by atoms with van der Waals surface area (Å²) in [6.45, 7) is 3.21. The second-order valence-electron chi connectivity index (χ2n) is 13.2. The Labute approximate surface area is 305 Å². The van der Waals surface area contributed by atoms with Gasteiger partial charge < -0.3 is 34.6 Å². The first kappa shape index (κ1) is 46.7. The number of hydrogen-bond donors (Lipinski definition) is 5. The average molecular weight is 741 g/mol. The lowest BCUT2D eigenvalue weighted by Crippen LogP contribution is -2.29. The minimum absolute atomic E-state index is 0.150. The Balaban J connectivity index is 2.43. The largest absolute Gasteiger partial charge is 0.469 e. The molecule has 0 aromatic carbocycles. The molecule has 1 rings (SSSR count). The zero-order chi connectivity index (χ0) is 37.7. The van der Waals surface area contributed by atoms with Crippen LogP contribution in [0.25, 0.3) is 0 Å². The van der Waals surface area contributed by atoms with Crippen molar-refractivity contribution in [2.45, 2.75) is 147 Å². The number of aliphatic hydroxyl groups is 3. The number of aliphatic hydroxyl groups excluding tert-OH is 3. The Bertz CT molecular complexity index is 1130. The van der Waals surface area contributed by atoms with E-state index in [1.54, 1.807) is 24.3 Å². The van der Waals surface area contributed by atoms with Gasteiger partial charge in [0.1, 0.15) is 6.61 Å². The van der Waals surface area contributed by atoms with Crippen molar-refractivity contribution in [3.05, 3.63) is 60.8 Å². The molecular formula is C39H65O11P. The van der Waals surface area contributed by atoms with Crippen molar-refractivity contribution in [2.75, 3.05) is 13.2 Å². The second kappa shape index (κ2) is 29.1. The Morgan fingerprint density at radius 2 is 1.41 bits per heavy atom. The Morgan fingerprint density at radius 1 is 0.784 bits per heavy atom. The van der Waals surface area contributed by atoms with E-state index in [9.17, 15) is 29.5 Å². The number of unbranched alkanes of at least 4 members (excludes halogenated alkanes) is 7. The van der Waals surface area contributed by atoms with E-state index in [2.05, 4.69) is 54.8 Å². The summed E-state index contributed by atoms with van der Waals surface area (Å²) in [7, 11) is -4.86. The van der Waals surface area contributed by atoms with Gasteiger partial charge in [-0.25, -0.2) is 4.57 Å². The molecule has 1 saturated carbocycles. The van der Waals surface area contributed by atoms with E-state index in [0.29, 0.717) is 19.3 Å². The maximum absolute atomic E-state index is 12.5. The van der Waals surface area contributed by atoms with Gasteiger partial charge >= 0.3 is 19.8 Å². The maximum atomic E-state index is 12.5. The summed E-state index contributed by atoms with van der Waals surface area (Å²) in [6, 6.07) is 0. The van der Waals surface area contributed by atoms with Crippen LogP contribution in [0.2, 0.25) is 0 Å². The van der Waals surface area contributed by atoms with Crippen molar-refractivity contribution in [1.82, 2.24) is 0 Å². The highest BCUT2D eigenvalue weighted by atomic mass is 31.2. The van der Waals surface area contributed by atoms with Crippen LogP contribution in [0.15, 0.2) is 60.8 Å². The van der Waals surface area contributed by atoms with Gasteiger partial charge in [-0.2, -0.15) is 0 Å². The number of rotatable bonds is 29. The molecule has 51 heavy (non-hydrogen) atoms. The van der Waals surface area contributed by atoms with Crippen LogP contribution in [0, 0.1) is 11.8 Å². The van der Waals surface area contributed by atoms with Crippen molar-refractivity contribution in [3.8, 4) is 0 Å². The summed E-state index contributed by atoms with van der Waals surface area (Å²) in [5.41, 5.74) is 0. The van der Waals surface area contributed by atoms with Gasteiger partial charge in [-0.15, -0.1) is 0 Å². The van der Waals surface area contributed by atoms with Gasteiger partial charge in [-0.3, -0.25) is 14.1 Å². The quantitative estimate of drug-likeness (QED) is 0.0224. The number of carbonyl (C=O) groups excluding carboxylic acids is 2. The number of allylic oxidation sites excluding steroid dienone is 7. The van der Waals surface area contributed by atoms with Crippen LogP contribution in [0.3, 0.4) is 0 Å². The van der Waals surface area contributed by atoms with E-state index < -0.39 is 57.4 Å². The zero-order valence-electron chi connectivity index (χ0n) is 30.8. The van der Waals surface area contributed by atoms with Gasteiger partial charge in [-0.05, 0) is 63.7 Å². The van der Waals surface area contributed by atoms with Crippen LogP contribution < -0.4 is 0 Å². The summed E-state index contributed by atoms with van der Waals surface area (Å²) in [4.78, 5) is 43.0. The van der Waals surface area contributed by atoms with Gasteiger partial charge in [0.2, 0.25) is 0 Å². The van der Waals surface area contributed by atoms with E-state index >= 15 is 0 Å². The lowest BCUT2D eigenvalue weighted by Gasteiger charge is -2.20. The van der Waals surface area contributed by atoms with E-state index in [0.717, 1.165) is 51.4 Å². The maximum Gasteiger partial charge on any atom is 0.469 e. The molecule has 0 radical (unpaired) electrons. The van der Waals surface area contributed by atoms with Gasteiger partial charge in [-0.1, -0.05) is 107 Å². The molecule has 0 spiro atoms. The molecular weight excluding hydrogens is 675 g/mol. The highest BCUT2D eigenvalue weighted by molar-refractivity contribution is 7.46. The molecule has 0 amide bonds. The van der Waals surface area contributed by atoms with E-state index in [1.165, 1.54) is 19.3 Å². The molecule has 0 aliphatic heterocycles. The van der Waals surface area contributed by atoms with Crippen molar-refractivity contribution in [3.63, 3.8) is 0 Å². The first-order valence-corrected chi connectivity index (χ1v) is 20.4. The zero-order valence-corrected chi connectivity index (χ0v) is 31.7. The monoisotopic (exact) mass is 740 g/mol. The summed E-state index contributed by atoms with van der Waals surface area (Å²) in [6.07, 6.45) is 29.3. The molecule has 11 nitrogen and oxygen atoms in total. The highest BCUT2D eigenvalue weighted by Gasteiger charge is 2.39. The number of carbonyl (C=O) groups is 2. The molecule has 1 aliphatic rings. The van der Waals surface area contributed by atoms with Crippen molar-refractivity contribution >= 4 is 19.8 Å². The summed E-state index contributed by atoms with van der Waals surface area (Å²) < 4.78 is 26.2. The van der Waals surface area contributed by atoms with Gasteiger partial charge in [0.05, 0.1) is 31.3 Å². The molecule has 6 atom stereocenters. The van der Waals surface area contributed by atoms with Gasteiger partial charge in [0, 0.05) is 18.8 Å². The van der Waals surface area contributed by atoms with Crippen molar-refractivity contribution in [2.24, 2.45) is 11.8 Å². The minimum atomic E-state index is -4.86. The van der Waals surface area contributed by atoms with Crippen LogP contribution >= 0.6 is 7.82 Å². The number of esters is 2. The third-order valence-corrected chi connectivity index (χ3v) is 9.10. The summed E-state index contributed by atoms with van der Waals surface area (Å²) in [5, 5.41) is 31.1. The molecule has 1 aliphatic carbocycles. The van der Waals surface area contributed by atoms with Crippen molar-refractivity contribution < 1.29 is 53.3 Å². The molecule has 0 saturated heterocycles.